The van der Waals surface area contributed by atoms with Gasteiger partial charge in [0.2, 0.25) is 0 Å². The molecule has 4 aromatic carbocycles. The molecule has 0 unspecified atom stereocenters. The Morgan fingerprint density at radius 3 is 1.26 bits per heavy atom. The van der Waals surface area contributed by atoms with E-state index < -0.39 is 77.5 Å². The number of aryl methyl sites for hydroxylation is 4. The summed E-state index contributed by atoms with van der Waals surface area (Å²) in [4.78, 5) is 0. The first kappa shape index (κ1) is 49.9. The highest BCUT2D eigenvalue weighted by Crippen LogP contribution is 2.44. The molecule has 2 atom stereocenters. The number of nitrogens with one attached hydrogen (secondary N) is 1. The maximum atomic E-state index is 13.7. The summed E-state index contributed by atoms with van der Waals surface area (Å²) < 4.78 is 176. The molecule has 4 aromatic rings. The van der Waals surface area contributed by atoms with Crippen LogP contribution in [0.25, 0.3) is 0 Å². The van der Waals surface area contributed by atoms with Crippen molar-refractivity contribution in [2.75, 3.05) is 19.8 Å². The molecule has 5 rings (SSSR count). The fourth-order valence-corrected chi connectivity index (χ4v) is 8.59. The maximum Gasteiger partial charge on any atom is 0.416 e. The fraction of sp³-hybridized carbons (Fsp3) is 0.467. The lowest BCUT2D eigenvalue weighted by molar-refractivity contribution is -0.144. The molecule has 0 heterocycles. The Labute approximate surface area is 353 Å². The minimum Gasteiger partial charge on any atom is -0.376 e. The van der Waals surface area contributed by atoms with Gasteiger partial charge in [-0.1, -0.05) is 55.7 Å². The van der Waals surface area contributed by atoms with Gasteiger partial charge >= 0.3 is 24.7 Å². The Morgan fingerprint density at radius 1 is 0.525 bits per heavy atom. The van der Waals surface area contributed by atoms with Crippen molar-refractivity contribution >= 4 is 12.4 Å². The zero-order valence-electron chi connectivity index (χ0n) is 33.9. The predicted molar refractivity (Wildman–Crippen MR) is 211 cm³/mol. The molecule has 1 saturated carbocycles. The van der Waals surface area contributed by atoms with Crippen molar-refractivity contribution < 1.29 is 62.2 Å². The normalized spacial score (nSPS) is 15.9. The van der Waals surface area contributed by atoms with Crippen LogP contribution >= 0.6 is 12.4 Å². The van der Waals surface area contributed by atoms with Crippen LogP contribution in [0.15, 0.2) is 72.8 Å². The van der Waals surface area contributed by atoms with E-state index in [2.05, 4.69) is 5.32 Å². The minimum absolute atomic E-state index is 0. The van der Waals surface area contributed by atoms with Crippen LogP contribution in [-0.2, 0) is 47.4 Å². The van der Waals surface area contributed by atoms with Gasteiger partial charge in [-0.05, 0) is 121 Å². The van der Waals surface area contributed by atoms with Crippen LogP contribution in [0.3, 0.4) is 0 Å². The van der Waals surface area contributed by atoms with Gasteiger partial charge < -0.3 is 14.8 Å². The summed E-state index contributed by atoms with van der Waals surface area (Å²) in [6, 6.07) is 14.1. The fourth-order valence-electron chi connectivity index (χ4n) is 8.59. The average molecular weight is 898 g/mol. The highest BCUT2D eigenvalue weighted by Gasteiger charge is 2.43. The van der Waals surface area contributed by atoms with E-state index in [0.717, 1.165) is 52.6 Å². The molecule has 61 heavy (non-hydrogen) atoms. The summed E-state index contributed by atoms with van der Waals surface area (Å²) in [6.45, 7) is 6.62. The monoisotopic (exact) mass is 897 g/mol. The quantitative estimate of drug-likeness (QED) is 0.128. The molecular formula is C45H48ClF12NO2. The second-order valence-corrected chi connectivity index (χ2v) is 15.8. The molecule has 3 nitrogen and oxygen atoms in total. The largest absolute Gasteiger partial charge is 0.416 e. The van der Waals surface area contributed by atoms with Crippen LogP contribution in [0.4, 0.5) is 52.7 Å². The molecular weight excluding hydrogens is 850 g/mol. The lowest BCUT2D eigenvalue weighted by atomic mass is 9.68. The van der Waals surface area contributed by atoms with Gasteiger partial charge in [0.15, 0.2) is 0 Å². The molecule has 0 spiro atoms. The van der Waals surface area contributed by atoms with Crippen molar-refractivity contribution in [3.63, 3.8) is 0 Å². The Morgan fingerprint density at radius 2 is 0.885 bits per heavy atom. The molecule has 0 radical (unpaired) electrons. The number of benzene rings is 4. The van der Waals surface area contributed by atoms with E-state index in [1.165, 1.54) is 0 Å². The zero-order chi connectivity index (χ0) is 44.3. The van der Waals surface area contributed by atoms with E-state index in [1.807, 2.05) is 64.1 Å². The third kappa shape index (κ3) is 12.7. The van der Waals surface area contributed by atoms with Gasteiger partial charge in [-0.25, -0.2) is 0 Å². The molecule has 1 aliphatic carbocycles. The summed E-state index contributed by atoms with van der Waals surface area (Å²) >= 11 is 0. The zero-order valence-corrected chi connectivity index (χ0v) is 34.7. The third-order valence-corrected chi connectivity index (χ3v) is 11.4. The van der Waals surface area contributed by atoms with Crippen LogP contribution in [-0.4, -0.2) is 25.3 Å². The molecule has 0 amide bonds. The summed E-state index contributed by atoms with van der Waals surface area (Å²) in [5.41, 5.74) is -1.72. The van der Waals surface area contributed by atoms with Crippen LogP contribution in [0.5, 0.6) is 0 Å². The smallest absolute Gasteiger partial charge is 0.376 e. The summed E-state index contributed by atoms with van der Waals surface area (Å²) in [6.07, 6.45) is -16.4. The molecule has 1 fully saturated rings. The molecule has 1 N–H and O–H groups in total. The SMILES string of the molecule is Cc1cccc(C)c1[C@@H](CNC1([C@@H](COCc2cc(C(F)(F)F)cc(C(F)(F)F)c2)c2c(C)cccc2C)CCCCC1)COCc1cc(C(F)(F)F)cc(C(F)(F)F)c1.Cl. The maximum absolute atomic E-state index is 13.7. The van der Waals surface area contributed by atoms with Gasteiger partial charge in [0.25, 0.3) is 0 Å². The number of alkyl halides is 12. The Kier molecular flexibility index (Phi) is 16.1. The number of ether oxygens (including phenoxy) is 2. The second-order valence-electron chi connectivity index (χ2n) is 15.8. The molecule has 1 aliphatic rings. The predicted octanol–water partition coefficient (Wildman–Crippen LogP) is 14.0. The van der Waals surface area contributed by atoms with Crippen molar-refractivity contribution in [3.8, 4) is 0 Å². The van der Waals surface area contributed by atoms with Gasteiger partial charge in [0.1, 0.15) is 0 Å². The van der Waals surface area contributed by atoms with Gasteiger partial charge in [0, 0.05) is 23.9 Å². The first-order chi connectivity index (χ1) is 27.9. The lowest BCUT2D eigenvalue weighted by Crippen LogP contribution is -2.54. The van der Waals surface area contributed by atoms with Gasteiger partial charge in [-0.3, -0.25) is 0 Å². The first-order valence-corrected chi connectivity index (χ1v) is 19.5. The van der Waals surface area contributed by atoms with E-state index in [1.54, 1.807) is 0 Å². The topological polar surface area (TPSA) is 30.5 Å². The standard InChI is InChI=1S/C45H47F12NO2.ClH/c1-27-10-8-11-28(2)39(27)33(25-59-23-31-16-34(42(46,47)48)20-35(17-31)43(49,50)51)22-58-41(14-6-5-7-15-41)38(40-29(3)12-9-13-30(40)4)26-60-24-32-18-36(44(52,53)54)21-37(19-32)45(55,56)57;/h8-13,16-21,33,38,58H,5-7,14-15,22-26H2,1-4H3;1H/t33-,38-;/m0./s1. The van der Waals surface area contributed by atoms with Crippen molar-refractivity contribution in [1.82, 2.24) is 5.32 Å². The van der Waals surface area contributed by atoms with E-state index in [9.17, 15) is 52.7 Å². The van der Waals surface area contributed by atoms with E-state index in [-0.39, 0.29) is 55.4 Å². The average Bonchev–Trinajstić information content (AvgIpc) is 3.14. The van der Waals surface area contributed by atoms with Crippen LogP contribution < -0.4 is 5.32 Å². The number of rotatable bonds is 14. The Bertz CT molecular complexity index is 1980. The van der Waals surface area contributed by atoms with Crippen molar-refractivity contribution in [2.24, 2.45) is 0 Å². The number of hydrogen-bond acceptors (Lipinski definition) is 3. The van der Waals surface area contributed by atoms with E-state index >= 15 is 0 Å². The van der Waals surface area contributed by atoms with Crippen molar-refractivity contribution in [2.45, 2.75) is 115 Å². The summed E-state index contributed by atoms with van der Waals surface area (Å²) in [7, 11) is 0. The summed E-state index contributed by atoms with van der Waals surface area (Å²) in [5.74, 6) is -0.902. The van der Waals surface area contributed by atoms with Gasteiger partial charge in [-0.15, -0.1) is 12.4 Å². The number of halogens is 13. The Balaban J connectivity index is 0.00000819. The number of hydrogen-bond donors (Lipinski definition) is 1. The molecule has 0 aromatic heterocycles. The molecule has 0 aliphatic heterocycles. The van der Waals surface area contributed by atoms with Gasteiger partial charge in [-0.2, -0.15) is 52.7 Å². The molecule has 0 bridgehead atoms. The van der Waals surface area contributed by atoms with Crippen LogP contribution in [0.2, 0.25) is 0 Å². The first-order valence-electron chi connectivity index (χ1n) is 19.5. The molecule has 336 valence electrons. The van der Waals surface area contributed by atoms with Crippen molar-refractivity contribution in [3.05, 3.63) is 140 Å². The Hall–Kier alpha value is -3.79. The van der Waals surface area contributed by atoms with Crippen molar-refractivity contribution in [1.29, 1.82) is 0 Å². The third-order valence-electron chi connectivity index (χ3n) is 11.4. The second kappa shape index (κ2) is 19.7. The van der Waals surface area contributed by atoms with Crippen LogP contribution in [0.1, 0.15) is 111 Å². The van der Waals surface area contributed by atoms with E-state index in [4.69, 9.17) is 9.47 Å². The van der Waals surface area contributed by atoms with Crippen LogP contribution in [0, 0.1) is 27.7 Å². The highest BCUT2D eigenvalue weighted by atomic mass is 35.5. The minimum atomic E-state index is -5.03. The van der Waals surface area contributed by atoms with E-state index in [0.29, 0.717) is 37.1 Å². The highest BCUT2D eigenvalue weighted by molar-refractivity contribution is 5.85. The lowest BCUT2D eigenvalue weighted by Gasteiger charge is -2.46. The van der Waals surface area contributed by atoms with Gasteiger partial charge in [0.05, 0.1) is 48.7 Å². The molecule has 0 saturated heterocycles. The molecule has 16 heteroatoms. The summed E-state index contributed by atoms with van der Waals surface area (Å²) in [5, 5.41) is 3.80.